The molecule has 0 spiro atoms. The first-order valence-corrected chi connectivity index (χ1v) is 4.11. The van der Waals surface area contributed by atoms with Gasteiger partial charge in [-0.05, 0) is 6.07 Å². The number of carbonyl (C=O) groups is 1. The standard InChI is InChI=1S/C9H14N2O/c1-7(2)9(12)6-8-4-5-11(3)10-8/h4-5,7H,6H2,1-3H3. The van der Waals surface area contributed by atoms with E-state index in [-0.39, 0.29) is 11.7 Å². The molecule has 0 radical (unpaired) electrons. The second-order valence-corrected chi connectivity index (χ2v) is 3.28. The number of aromatic nitrogens is 2. The van der Waals surface area contributed by atoms with Crippen molar-refractivity contribution in [2.75, 3.05) is 0 Å². The molecule has 0 aliphatic carbocycles. The van der Waals surface area contributed by atoms with Crippen LogP contribution >= 0.6 is 0 Å². The van der Waals surface area contributed by atoms with Crippen LogP contribution in [0.25, 0.3) is 0 Å². The average Bonchev–Trinajstić information content (AvgIpc) is 2.35. The Bertz CT molecular complexity index is 276. The second kappa shape index (κ2) is 3.52. The molecular weight excluding hydrogens is 152 g/mol. The highest BCUT2D eigenvalue weighted by Crippen LogP contribution is 2.02. The molecule has 3 heteroatoms. The number of rotatable bonds is 3. The third-order valence-corrected chi connectivity index (χ3v) is 1.77. The Morgan fingerprint density at radius 1 is 1.67 bits per heavy atom. The zero-order valence-corrected chi connectivity index (χ0v) is 7.74. The lowest BCUT2D eigenvalue weighted by molar-refractivity contribution is -0.121. The monoisotopic (exact) mass is 166 g/mol. The van der Waals surface area contributed by atoms with Crippen LogP contribution < -0.4 is 0 Å². The molecule has 0 saturated heterocycles. The largest absolute Gasteiger partial charge is 0.299 e. The van der Waals surface area contributed by atoms with Crippen molar-refractivity contribution in [1.29, 1.82) is 0 Å². The van der Waals surface area contributed by atoms with Crippen molar-refractivity contribution in [3.8, 4) is 0 Å². The van der Waals surface area contributed by atoms with Crippen molar-refractivity contribution < 1.29 is 4.79 Å². The van der Waals surface area contributed by atoms with Gasteiger partial charge in [0.1, 0.15) is 5.78 Å². The van der Waals surface area contributed by atoms with Crippen molar-refractivity contribution >= 4 is 5.78 Å². The van der Waals surface area contributed by atoms with Gasteiger partial charge in [-0.15, -0.1) is 0 Å². The maximum absolute atomic E-state index is 11.3. The Balaban J connectivity index is 2.58. The normalized spacial score (nSPS) is 10.7. The van der Waals surface area contributed by atoms with Gasteiger partial charge < -0.3 is 0 Å². The molecule has 0 aliphatic heterocycles. The van der Waals surface area contributed by atoms with Crippen LogP contribution in [-0.4, -0.2) is 15.6 Å². The lowest BCUT2D eigenvalue weighted by Gasteiger charge is -2.00. The minimum Gasteiger partial charge on any atom is -0.299 e. The molecule has 0 N–H and O–H groups in total. The lowest BCUT2D eigenvalue weighted by Crippen LogP contribution is -2.10. The molecule has 0 amide bonds. The molecule has 0 saturated carbocycles. The number of ketones is 1. The first-order valence-electron chi connectivity index (χ1n) is 4.11. The summed E-state index contributed by atoms with van der Waals surface area (Å²) in [4.78, 5) is 11.3. The van der Waals surface area contributed by atoms with Gasteiger partial charge in [0.25, 0.3) is 0 Å². The highest BCUT2D eigenvalue weighted by Gasteiger charge is 2.09. The van der Waals surface area contributed by atoms with Gasteiger partial charge in [0, 0.05) is 19.2 Å². The summed E-state index contributed by atoms with van der Waals surface area (Å²) in [7, 11) is 1.85. The molecule has 0 aromatic carbocycles. The summed E-state index contributed by atoms with van der Waals surface area (Å²) < 4.78 is 1.71. The molecule has 1 aromatic heterocycles. The zero-order chi connectivity index (χ0) is 9.14. The predicted molar refractivity (Wildman–Crippen MR) is 46.8 cm³/mol. The van der Waals surface area contributed by atoms with E-state index < -0.39 is 0 Å². The van der Waals surface area contributed by atoms with Gasteiger partial charge in [-0.1, -0.05) is 13.8 Å². The maximum Gasteiger partial charge on any atom is 0.141 e. The summed E-state index contributed by atoms with van der Waals surface area (Å²) in [5, 5.41) is 4.13. The van der Waals surface area contributed by atoms with E-state index >= 15 is 0 Å². The number of hydrogen-bond donors (Lipinski definition) is 0. The summed E-state index contributed by atoms with van der Waals surface area (Å²) in [6, 6.07) is 1.88. The molecule has 12 heavy (non-hydrogen) atoms. The molecular formula is C9H14N2O. The number of Topliss-reactive ketones (excluding diaryl/α,β-unsaturated/α-hetero) is 1. The summed E-state index contributed by atoms with van der Waals surface area (Å²) in [6.07, 6.45) is 2.31. The molecule has 1 heterocycles. The lowest BCUT2D eigenvalue weighted by atomic mass is 10.1. The van der Waals surface area contributed by atoms with Crippen LogP contribution in [0, 0.1) is 5.92 Å². The molecule has 1 aromatic rings. The SMILES string of the molecule is CC(C)C(=O)Cc1ccn(C)n1. The van der Waals surface area contributed by atoms with Crippen LogP contribution in [0.15, 0.2) is 12.3 Å². The summed E-state index contributed by atoms with van der Waals surface area (Å²) >= 11 is 0. The predicted octanol–water partition coefficient (Wildman–Crippen LogP) is 1.19. The van der Waals surface area contributed by atoms with Crippen molar-refractivity contribution in [1.82, 2.24) is 9.78 Å². The Kier molecular flexibility index (Phi) is 2.63. The van der Waals surface area contributed by atoms with Crippen LogP contribution in [-0.2, 0) is 18.3 Å². The Labute approximate surface area is 72.4 Å². The molecule has 0 fully saturated rings. The maximum atomic E-state index is 11.3. The molecule has 0 bridgehead atoms. The summed E-state index contributed by atoms with van der Waals surface area (Å²) in [5.74, 6) is 0.348. The Morgan fingerprint density at radius 3 is 2.75 bits per heavy atom. The molecule has 0 unspecified atom stereocenters. The number of aryl methyl sites for hydroxylation is 1. The average molecular weight is 166 g/mol. The third kappa shape index (κ3) is 2.19. The number of hydrogen-bond acceptors (Lipinski definition) is 2. The van der Waals surface area contributed by atoms with E-state index in [0.29, 0.717) is 6.42 Å². The van der Waals surface area contributed by atoms with E-state index in [1.165, 1.54) is 0 Å². The minimum atomic E-state index is 0.104. The van der Waals surface area contributed by atoms with Gasteiger partial charge in [0.2, 0.25) is 0 Å². The van der Waals surface area contributed by atoms with E-state index in [1.807, 2.05) is 33.2 Å². The first-order chi connectivity index (χ1) is 5.59. The fourth-order valence-corrected chi connectivity index (χ4v) is 0.940. The van der Waals surface area contributed by atoms with Crippen LogP contribution in [0.2, 0.25) is 0 Å². The van der Waals surface area contributed by atoms with E-state index in [1.54, 1.807) is 4.68 Å². The van der Waals surface area contributed by atoms with Gasteiger partial charge in [-0.3, -0.25) is 9.48 Å². The fourth-order valence-electron chi connectivity index (χ4n) is 0.940. The number of carbonyl (C=O) groups excluding carboxylic acids is 1. The smallest absolute Gasteiger partial charge is 0.141 e. The summed E-state index contributed by atoms with van der Waals surface area (Å²) in [5.41, 5.74) is 0.858. The third-order valence-electron chi connectivity index (χ3n) is 1.77. The van der Waals surface area contributed by atoms with Gasteiger partial charge >= 0.3 is 0 Å². The van der Waals surface area contributed by atoms with Crippen molar-refractivity contribution in [3.05, 3.63) is 18.0 Å². The van der Waals surface area contributed by atoms with Crippen LogP contribution in [0.4, 0.5) is 0 Å². The van der Waals surface area contributed by atoms with Crippen molar-refractivity contribution in [3.63, 3.8) is 0 Å². The Morgan fingerprint density at radius 2 is 2.33 bits per heavy atom. The van der Waals surface area contributed by atoms with Crippen LogP contribution in [0.3, 0.4) is 0 Å². The molecule has 0 aliphatic rings. The van der Waals surface area contributed by atoms with E-state index in [4.69, 9.17) is 0 Å². The fraction of sp³-hybridized carbons (Fsp3) is 0.556. The molecule has 1 rings (SSSR count). The van der Waals surface area contributed by atoms with E-state index in [0.717, 1.165) is 5.69 Å². The van der Waals surface area contributed by atoms with Crippen LogP contribution in [0.5, 0.6) is 0 Å². The van der Waals surface area contributed by atoms with Gasteiger partial charge in [0.05, 0.1) is 12.1 Å². The molecule has 0 atom stereocenters. The minimum absolute atomic E-state index is 0.104. The first kappa shape index (κ1) is 8.97. The van der Waals surface area contributed by atoms with E-state index in [2.05, 4.69) is 5.10 Å². The Hall–Kier alpha value is -1.12. The van der Waals surface area contributed by atoms with Gasteiger partial charge in [-0.2, -0.15) is 5.10 Å². The quantitative estimate of drug-likeness (QED) is 0.676. The van der Waals surface area contributed by atoms with Crippen molar-refractivity contribution in [2.45, 2.75) is 20.3 Å². The van der Waals surface area contributed by atoms with Gasteiger partial charge in [0.15, 0.2) is 0 Å². The van der Waals surface area contributed by atoms with Crippen LogP contribution in [0.1, 0.15) is 19.5 Å². The second-order valence-electron chi connectivity index (χ2n) is 3.28. The van der Waals surface area contributed by atoms with Gasteiger partial charge in [-0.25, -0.2) is 0 Å². The highest BCUT2D eigenvalue weighted by atomic mass is 16.1. The number of nitrogens with zero attached hydrogens (tertiary/aromatic N) is 2. The zero-order valence-electron chi connectivity index (χ0n) is 7.74. The topological polar surface area (TPSA) is 34.9 Å². The summed E-state index contributed by atoms with van der Waals surface area (Å²) in [6.45, 7) is 3.82. The van der Waals surface area contributed by atoms with Crippen molar-refractivity contribution in [2.24, 2.45) is 13.0 Å². The molecule has 66 valence electrons. The molecule has 3 nitrogen and oxygen atoms in total. The van der Waals surface area contributed by atoms with E-state index in [9.17, 15) is 4.79 Å². The highest BCUT2D eigenvalue weighted by molar-refractivity contribution is 5.82.